The van der Waals surface area contributed by atoms with Crippen molar-refractivity contribution in [3.05, 3.63) is 0 Å². The van der Waals surface area contributed by atoms with Gasteiger partial charge in [0.2, 0.25) is 11.8 Å². The molecule has 0 fully saturated rings. The van der Waals surface area contributed by atoms with Gasteiger partial charge in [0, 0.05) is 12.2 Å². The maximum absolute atomic E-state index is 11.2. The monoisotopic (exact) mass is 233 g/mol. The highest BCUT2D eigenvalue weighted by atomic mass is 32.1. The normalized spacial score (nSPS) is 14.0. The molecule has 0 rings (SSSR count). The first-order valence-electron chi connectivity index (χ1n) is 4.41. The summed E-state index contributed by atoms with van der Waals surface area (Å²) in [6.07, 6.45) is 0.774. The number of aldehydes is 1. The molecule has 0 heterocycles. The van der Waals surface area contributed by atoms with Crippen LogP contribution in [0.1, 0.15) is 12.8 Å². The number of primary amides is 1. The van der Waals surface area contributed by atoms with Gasteiger partial charge in [-0.25, -0.2) is 0 Å². The summed E-state index contributed by atoms with van der Waals surface area (Å²) in [6.45, 7) is 0. The van der Waals surface area contributed by atoms with Crippen molar-refractivity contribution in [2.45, 2.75) is 24.9 Å². The van der Waals surface area contributed by atoms with E-state index in [4.69, 9.17) is 11.5 Å². The number of rotatable bonds is 7. The minimum Gasteiger partial charge on any atom is -0.370 e. The Balaban J connectivity index is 4.03. The molecule has 0 aliphatic heterocycles. The van der Waals surface area contributed by atoms with E-state index in [1.165, 1.54) is 0 Å². The first-order chi connectivity index (χ1) is 7.01. The third kappa shape index (κ3) is 6.08. The number of nitrogens with one attached hydrogen (secondary N) is 1. The summed E-state index contributed by atoms with van der Waals surface area (Å²) >= 11 is 3.84. The maximum atomic E-state index is 11.2. The molecule has 7 heteroatoms. The topological polar surface area (TPSA) is 115 Å². The molecule has 0 aromatic rings. The van der Waals surface area contributed by atoms with Crippen LogP contribution in [0.2, 0.25) is 0 Å². The van der Waals surface area contributed by atoms with Crippen LogP contribution >= 0.6 is 12.6 Å². The van der Waals surface area contributed by atoms with Crippen LogP contribution in [0.4, 0.5) is 0 Å². The standard InChI is InChI=1S/C8H15N3O3S/c9-6(4-15)8(14)11-5(3-12)1-2-7(10)13/h3,5-6,15H,1-2,4,9H2,(H2,10,13)(H,11,14)/t5-,6-/m0/s1. The Kier molecular flexibility index (Phi) is 6.72. The Bertz CT molecular complexity index is 247. The van der Waals surface area contributed by atoms with Crippen molar-refractivity contribution in [3.63, 3.8) is 0 Å². The van der Waals surface area contributed by atoms with Gasteiger partial charge in [-0.1, -0.05) is 0 Å². The lowest BCUT2D eigenvalue weighted by Gasteiger charge is -2.14. The van der Waals surface area contributed by atoms with Crippen LogP contribution in [0, 0.1) is 0 Å². The molecule has 5 N–H and O–H groups in total. The van der Waals surface area contributed by atoms with E-state index in [1.54, 1.807) is 0 Å². The summed E-state index contributed by atoms with van der Waals surface area (Å²) in [4.78, 5) is 32.2. The Hall–Kier alpha value is -1.08. The molecule has 0 saturated heterocycles. The molecule has 0 spiro atoms. The van der Waals surface area contributed by atoms with Gasteiger partial charge in [-0.3, -0.25) is 9.59 Å². The molecule has 0 aliphatic rings. The first kappa shape index (κ1) is 13.9. The van der Waals surface area contributed by atoms with Crippen molar-refractivity contribution in [1.29, 1.82) is 0 Å². The van der Waals surface area contributed by atoms with Gasteiger partial charge in [0.1, 0.15) is 6.29 Å². The van der Waals surface area contributed by atoms with Crippen LogP contribution in [0.25, 0.3) is 0 Å². The molecule has 2 atom stereocenters. The van der Waals surface area contributed by atoms with Crippen LogP contribution in [-0.4, -0.2) is 35.9 Å². The molecule has 0 unspecified atom stereocenters. The summed E-state index contributed by atoms with van der Waals surface area (Å²) < 4.78 is 0. The van der Waals surface area contributed by atoms with Crippen LogP contribution in [-0.2, 0) is 14.4 Å². The summed E-state index contributed by atoms with van der Waals surface area (Å²) in [5.74, 6) is -0.797. The van der Waals surface area contributed by atoms with E-state index in [0.717, 1.165) is 0 Å². The summed E-state index contributed by atoms with van der Waals surface area (Å²) in [7, 11) is 0. The fourth-order valence-corrected chi connectivity index (χ4v) is 1.01. The average molecular weight is 233 g/mol. The van der Waals surface area contributed by atoms with Crippen molar-refractivity contribution in [1.82, 2.24) is 5.32 Å². The van der Waals surface area contributed by atoms with Gasteiger partial charge in [0.25, 0.3) is 0 Å². The van der Waals surface area contributed by atoms with Crippen molar-refractivity contribution >= 4 is 30.7 Å². The van der Waals surface area contributed by atoms with E-state index in [9.17, 15) is 14.4 Å². The zero-order valence-electron chi connectivity index (χ0n) is 8.18. The molecular weight excluding hydrogens is 218 g/mol. The number of thiol groups is 1. The van der Waals surface area contributed by atoms with Crippen molar-refractivity contribution < 1.29 is 14.4 Å². The second-order valence-corrected chi connectivity index (χ2v) is 3.41. The first-order valence-corrected chi connectivity index (χ1v) is 5.05. The number of carbonyl (C=O) groups is 3. The van der Waals surface area contributed by atoms with Crippen molar-refractivity contribution in [2.75, 3.05) is 5.75 Å². The molecule has 0 aliphatic carbocycles. The number of amides is 2. The highest BCUT2D eigenvalue weighted by Gasteiger charge is 2.16. The highest BCUT2D eigenvalue weighted by molar-refractivity contribution is 7.80. The Labute approximate surface area is 93.2 Å². The van der Waals surface area contributed by atoms with Gasteiger partial charge < -0.3 is 21.6 Å². The second kappa shape index (κ2) is 7.24. The van der Waals surface area contributed by atoms with E-state index in [1.807, 2.05) is 0 Å². The van der Waals surface area contributed by atoms with Gasteiger partial charge in [-0.2, -0.15) is 12.6 Å². The minimum atomic E-state index is -0.760. The smallest absolute Gasteiger partial charge is 0.238 e. The van der Waals surface area contributed by atoms with Gasteiger partial charge in [0.05, 0.1) is 12.1 Å². The lowest BCUT2D eigenvalue weighted by atomic mass is 10.1. The SMILES string of the molecule is NC(=O)CC[C@@H](C=O)NC(=O)[C@@H](N)CS. The predicted molar refractivity (Wildman–Crippen MR) is 58.3 cm³/mol. The van der Waals surface area contributed by atoms with Gasteiger partial charge >= 0.3 is 0 Å². The zero-order chi connectivity index (χ0) is 11.8. The molecule has 0 aromatic heterocycles. The average Bonchev–Trinajstić information content (AvgIpc) is 2.22. The lowest BCUT2D eigenvalue weighted by molar-refractivity contribution is -0.125. The molecule has 0 saturated carbocycles. The third-order valence-corrected chi connectivity index (χ3v) is 2.12. The third-order valence-electron chi connectivity index (χ3n) is 1.73. The number of hydrogen-bond acceptors (Lipinski definition) is 5. The van der Waals surface area contributed by atoms with Crippen molar-refractivity contribution in [3.8, 4) is 0 Å². The molecule has 6 nitrogen and oxygen atoms in total. The van der Waals surface area contributed by atoms with Crippen LogP contribution < -0.4 is 16.8 Å². The van der Waals surface area contributed by atoms with E-state index in [-0.39, 0.29) is 18.6 Å². The Morgan fingerprint density at radius 2 is 2.07 bits per heavy atom. The van der Waals surface area contributed by atoms with E-state index in [2.05, 4.69) is 17.9 Å². The zero-order valence-corrected chi connectivity index (χ0v) is 9.07. The molecule has 0 radical (unpaired) electrons. The fourth-order valence-electron chi connectivity index (χ4n) is 0.845. The fraction of sp³-hybridized carbons (Fsp3) is 0.625. The number of hydrogen-bond donors (Lipinski definition) is 4. The summed E-state index contributed by atoms with van der Waals surface area (Å²) in [6, 6.07) is -1.49. The van der Waals surface area contributed by atoms with E-state index < -0.39 is 23.9 Å². The summed E-state index contributed by atoms with van der Waals surface area (Å²) in [5, 5.41) is 2.38. The Morgan fingerprint density at radius 1 is 1.47 bits per heavy atom. The van der Waals surface area contributed by atoms with Crippen LogP contribution in [0.5, 0.6) is 0 Å². The molecule has 2 amide bonds. The molecule has 0 aromatic carbocycles. The second-order valence-electron chi connectivity index (χ2n) is 3.05. The molecule has 0 bridgehead atoms. The van der Waals surface area contributed by atoms with Crippen molar-refractivity contribution in [2.24, 2.45) is 11.5 Å². The highest BCUT2D eigenvalue weighted by Crippen LogP contribution is 1.95. The Morgan fingerprint density at radius 3 is 2.47 bits per heavy atom. The predicted octanol–water partition coefficient (Wildman–Crippen LogP) is -1.81. The quantitative estimate of drug-likeness (QED) is 0.306. The molecule has 86 valence electrons. The van der Waals surface area contributed by atoms with Gasteiger partial charge in [-0.05, 0) is 6.42 Å². The minimum absolute atomic E-state index is 0.0415. The lowest BCUT2D eigenvalue weighted by Crippen LogP contribution is -2.47. The van der Waals surface area contributed by atoms with Crippen LogP contribution in [0.15, 0.2) is 0 Å². The largest absolute Gasteiger partial charge is 0.370 e. The van der Waals surface area contributed by atoms with Crippen LogP contribution in [0.3, 0.4) is 0 Å². The molecular formula is C8H15N3O3S. The number of nitrogens with two attached hydrogens (primary N) is 2. The summed E-state index contributed by atoms with van der Waals surface area (Å²) in [5.41, 5.74) is 10.3. The van der Waals surface area contributed by atoms with Gasteiger partial charge in [-0.15, -0.1) is 0 Å². The van der Waals surface area contributed by atoms with Gasteiger partial charge in [0.15, 0.2) is 0 Å². The maximum Gasteiger partial charge on any atom is 0.238 e. The number of carbonyl (C=O) groups excluding carboxylic acids is 3. The van der Waals surface area contributed by atoms with E-state index >= 15 is 0 Å². The van der Waals surface area contributed by atoms with E-state index in [0.29, 0.717) is 6.29 Å². The molecule has 15 heavy (non-hydrogen) atoms.